The molecule has 24 heavy (non-hydrogen) atoms. The second-order valence-electron chi connectivity index (χ2n) is 7.20. The molecule has 0 bridgehead atoms. The van der Waals surface area contributed by atoms with Crippen LogP contribution in [-0.4, -0.2) is 30.2 Å². The van der Waals surface area contributed by atoms with Gasteiger partial charge in [-0.2, -0.15) is 0 Å². The Hall–Kier alpha value is -1.52. The summed E-state index contributed by atoms with van der Waals surface area (Å²) in [7, 11) is 4.43. The van der Waals surface area contributed by atoms with Crippen LogP contribution in [0.4, 0.5) is 0 Å². The van der Waals surface area contributed by atoms with Crippen molar-refractivity contribution in [2.75, 3.05) is 20.6 Å². The molecule has 0 saturated heterocycles. The van der Waals surface area contributed by atoms with Crippen molar-refractivity contribution in [2.24, 2.45) is 0 Å². The molecule has 0 radical (unpaired) electrons. The van der Waals surface area contributed by atoms with Gasteiger partial charge in [-0.3, -0.25) is 0 Å². The Labute approximate surface area is 150 Å². The third-order valence-corrected chi connectivity index (χ3v) is 5.16. The molecule has 3 nitrogen and oxygen atoms in total. The van der Waals surface area contributed by atoms with E-state index in [9.17, 15) is 0 Å². The average Bonchev–Trinajstić information content (AvgIpc) is 2.56. The third kappa shape index (κ3) is 3.76. The van der Waals surface area contributed by atoms with Crippen LogP contribution in [0.15, 0.2) is 24.3 Å². The zero-order chi connectivity index (χ0) is 17.1. The van der Waals surface area contributed by atoms with Crippen molar-refractivity contribution in [3.05, 3.63) is 45.7 Å². The van der Waals surface area contributed by atoms with Gasteiger partial charge in [-0.25, -0.2) is 4.98 Å². The number of fused-ring (bicyclic) bond motifs is 1. The van der Waals surface area contributed by atoms with Gasteiger partial charge in [0, 0.05) is 29.8 Å². The monoisotopic (exact) mass is 342 g/mol. The predicted molar refractivity (Wildman–Crippen MR) is 102 cm³/mol. The van der Waals surface area contributed by atoms with Crippen LogP contribution < -0.4 is 4.90 Å². The largest absolute Gasteiger partial charge is 0.340 e. The molecule has 2 aromatic rings. The summed E-state index contributed by atoms with van der Waals surface area (Å²) in [5, 5.41) is 0. The van der Waals surface area contributed by atoms with Crippen LogP contribution in [0.2, 0.25) is 0 Å². The van der Waals surface area contributed by atoms with Crippen molar-refractivity contribution >= 4 is 12.2 Å². The van der Waals surface area contributed by atoms with Crippen molar-refractivity contribution in [2.45, 2.75) is 45.6 Å². The van der Waals surface area contributed by atoms with Gasteiger partial charge in [0.15, 0.2) is 0 Å². The van der Waals surface area contributed by atoms with Gasteiger partial charge in [0.1, 0.15) is 10.5 Å². The second kappa shape index (κ2) is 7.58. The zero-order valence-electron chi connectivity index (χ0n) is 15.1. The first-order valence-electron chi connectivity index (χ1n) is 9.05. The molecule has 0 aliphatic heterocycles. The van der Waals surface area contributed by atoms with Gasteiger partial charge in [0.05, 0.1) is 20.6 Å². The van der Waals surface area contributed by atoms with Gasteiger partial charge >= 0.3 is 0 Å². The first-order valence-corrected chi connectivity index (χ1v) is 9.46. The van der Waals surface area contributed by atoms with Gasteiger partial charge in [-0.05, 0) is 38.7 Å². The van der Waals surface area contributed by atoms with Gasteiger partial charge in [0.2, 0.25) is 0 Å². The summed E-state index contributed by atoms with van der Waals surface area (Å²) >= 11 is 5.64. The van der Waals surface area contributed by atoms with Crippen LogP contribution in [0.5, 0.6) is 0 Å². The summed E-state index contributed by atoms with van der Waals surface area (Å²) in [5.41, 5.74) is 5.21. The predicted octanol–water partition coefficient (Wildman–Crippen LogP) is 3.00. The standard InChI is InChI=1S/C20H27N3S/c1-15-8-6-9-16(14-15)19-21-20(24)17-10-4-5-11-18(17)23(19)13-7-12-22(2)3/h6,8-9,14H,4-5,7,10-13H2,1-3H3/p+1. The van der Waals surface area contributed by atoms with Crippen molar-refractivity contribution in [1.29, 1.82) is 0 Å². The highest BCUT2D eigenvalue weighted by Crippen LogP contribution is 2.27. The number of hydrogen-bond donors (Lipinski definition) is 1. The minimum atomic E-state index is 0.815. The van der Waals surface area contributed by atoms with Crippen LogP contribution in [0.1, 0.15) is 36.1 Å². The van der Waals surface area contributed by atoms with Crippen LogP contribution in [0.25, 0.3) is 11.4 Å². The van der Waals surface area contributed by atoms with E-state index in [-0.39, 0.29) is 0 Å². The number of benzene rings is 1. The average molecular weight is 343 g/mol. The molecule has 0 fully saturated rings. The van der Waals surface area contributed by atoms with E-state index < -0.39 is 0 Å². The fraction of sp³-hybridized carbons (Fsp3) is 0.500. The minimum absolute atomic E-state index is 0.815. The Kier molecular flexibility index (Phi) is 5.47. The first-order chi connectivity index (χ1) is 11.6. The maximum atomic E-state index is 5.64. The van der Waals surface area contributed by atoms with E-state index in [1.807, 2.05) is 0 Å². The molecule has 0 atom stereocenters. The van der Waals surface area contributed by atoms with Crippen LogP contribution >= 0.6 is 12.2 Å². The number of nitrogens with one attached hydrogen (secondary N) is 1. The van der Waals surface area contributed by atoms with Crippen molar-refractivity contribution in [1.82, 2.24) is 9.55 Å². The Morgan fingerprint density at radius 1 is 1.21 bits per heavy atom. The number of aryl methyl sites for hydroxylation is 1. The molecule has 4 heteroatoms. The lowest BCUT2D eigenvalue weighted by Gasteiger charge is -2.24. The summed E-state index contributed by atoms with van der Waals surface area (Å²) < 4.78 is 3.28. The van der Waals surface area contributed by atoms with E-state index in [0.717, 1.165) is 36.3 Å². The zero-order valence-corrected chi connectivity index (χ0v) is 15.9. The molecular formula is C20H28N3S+. The molecule has 0 saturated carbocycles. The van der Waals surface area contributed by atoms with Crippen molar-refractivity contribution in [3.63, 3.8) is 0 Å². The Morgan fingerprint density at radius 3 is 2.75 bits per heavy atom. The lowest BCUT2D eigenvalue weighted by atomic mass is 9.96. The molecule has 3 rings (SSSR count). The van der Waals surface area contributed by atoms with Crippen LogP contribution in [0, 0.1) is 11.6 Å². The Balaban J connectivity index is 2.09. The molecule has 128 valence electrons. The van der Waals surface area contributed by atoms with E-state index in [1.54, 1.807) is 0 Å². The summed E-state index contributed by atoms with van der Waals surface area (Å²) in [6.07, 6.45) is 5.89. The topological polar surface area (TPSA) is 22.3 Å². The molecule has 1 N–H and O–H groups in total. The molecule has 1 heterocycles. The summed E-state index contributed by atoms with van der Waals surface area (Å²) in [4.78, 5) is 6.36. The van der Waals surface area contributed by atoms with E-state index in [4.69, 9.17) is 17.2 Å². The SMILES string of the molecule is Cc1cccc(-c2nc(=S)c3c(n2CCC[NH+](C)C)CCCC3)c1. The lowest BCUT2D eigenvalue weighted by molar-refractivity contribution is -0.858. The van der Waals surface area contributed by atoms with Gasteiger partial charge in [-0.1, -0.05) is 36.0 Å². The highest BCUT2D eigenvalue weighted by molar-refractivity contribution is 7.71. The fourth-order valence-electron chi connectivity index (χ4n) is 3.61. The summed E-state index contributed by atoms with van der Waals surface area (Å²) in [6.45, 7) is 4.33. The smallest absolute Gasteiger partial charge is 0.141 e. The fourth-order valence-corrected chi connectivity index (χ4v) is 3.91. The molecule has 1 aliphatic carbocycles. The molecule has 0 unspecified atom stereocenters. The van der Waals surface area contributed by atoms with Crippen LogP contribution in [-0.2, 0) is 19.4 Å². The molecular weight excluding hydrogens is 314 g/mol. The van der Waals surface area contributed by atoms with E-state index in [1.165, 1.54) is 46.7 Å². The maximum absolute atomic E-state index is 5.64. The molecule has 0 spiro atoms. The summed E-state index contributed by atoms with van der Waals surface area (Å²) in [6, 6.07) is 8.63. The van der Waals surface area contributed by atoms with E-state index in [2.05, 4.69) is 49.9 Å². The second-order valence-corrected chi connectivity index (χ2v) is 7.59. The number of aromatic nitrogens is 2. The highest BCUT2D eigenvalue weighted by Gasteiger charge is 2.19. The molecule has 1 aliphatic rings. The Morgan fingerprint density at radius 2 is 2.00 bits per heavy atom. The maximum Gasteiger partial charge on any atom is 0.141 e. The minimum Gasteiger partial charge on any atom is -0.340 e. The number of quaternary nitrogens is 1. The van der Waals surface area contributed by atoms with Gasteiger partial charge in [-0.15, -0.1) is 0 Å². The third-order valence-electron chi connectivity index (χ3n) is 4.82. The van der Waals surface area contributed by atoms with Crippen molar-refractivity contribution in [3.8, 4) is 11.4 Å². The van der Waals surface area contributed by atoms with E-state index >= 15 is 0 Å². The Bertz CT molecular complexity index is 777. The van der Waals surface area contributed by atoms with Crippen molar-refractivity contribution < 1.29 is 4.90 Å². The normalized spacial score (nSPS) is 14.0. The lowest BCUT2D eigenvalue weighted by Crippen LogP contribution is -3.05. The molecule has 1 aromatic carbocycles. The summed E-state index contributed by atoms with van der Waals surface area (Å²) in [5.74, 6) is 1.05. The highest BCUT2D eigenvalue weighted by atomic mass is 32.1. The van der Waals surface area contributed by atoms with Gasteiger partial charge in [0.25, 0.3) is 0 Å². The van der Waals surface area contributed by atoms with Gasteiger partial charge < -0.3 is 9.47 Å². The first kappa shape index (κ1) is 17.3. The number of nitrogens with zero attached hydrogens (tertiary/aromatic N) is 2. The van der Waals surface area contributed by atoms with E-state index in [0.29, 0.717) is 0 Å². The number of rotatable bonds is 5. The molecule has 1 aromatic heterocycles. The quantitative estimate of drug-likeness (QED) is 0.844. The molecule has 0 amide bonds. The van der Waals surface area contributed by atoms with Crippen LogP contribution in [0.3, 0.4) is 0 Å². The number of hydrogen-bond acceptors (Lipinski definition) is 2.